The molecule has 0 fully saturated rings. The number of furan rings is 1. The molecule has 2 rings (SSSR count). The molecule has 1 aromatic carbocycles. The van der Waals surface area contributed by atoms with Gasteiger partial charge < -0.3 is 4.42 Å². The first-order valence-electron chi connectivity index (χ1n) is 4.24. The zero-order valence-electron chi connectivity index (χ0n) is 8.20. The van der Waals surface area contributed by atoms with E-state index in [1.165, 1.54) is 5.39 Å². The van der Waals surface area contributed by atoms with Crippen LogP contribution in [0.25, 0.3) is 11.0 Å². The van der Waals surface area contributed by atoms with Crippen molar-refractivity contribution in [3.63, 3.8) is 0 Å². The van der Waals surface area contributed by atoms with Gasteiger partial charge in [0.25, 0.3) is 0 Å². The van der Waals surface area contributed by atoms with Crippen molar-refractivity contribution in [1.82, 2.24) is 0 Å². The van der Waals surface area contributed by atoms with Crippen LogP contribution in [0.1, 0.15) is 0 Å². The fourth-order valence-corrected chi connectivity index (χ4v) is 2.08. The Morgan fingerprint density at radius 2 is 1.77 bits per heavy atom. The van der Waals surface area contributed by atoms with Crippen molar-refractivity contribution in [1.29, 1.82) is 0 Å². The molecule has 1 heterocycles. The van der Waals surface area contributed by atoms with E-state index in [-0.39, 0.29) is 0 Å². The Morgan fingerprint density at radius 1 is 1.08 bits per heavy atom. The molecule has 0 radical (unpaired) electrons. The van der Waals surface area contributed by atoms with Gasteiger partial charge in [-0.25, -0.2) is 0 Å². The first-order chi connectivity index (χ1) is 6.07. The summed E-state index contributed by atoms with van der Waals surface area (Å²) in [5, 5.41) is 2.34. The Balaban J connectivity index is 2.63. The molecular formula is C11H14OS. The number of fused-ring (bicyclic) bond motifs is 1. The lowest BCUT2D eigenvalue weighted by molar-refractivity contribution is 0.512. The Bertz CT molecular complexity index is 390. The second-order valence-electron chi connectivity index (χ2n) is 3.94. The zero-order valence-corrected chi connectivity index (χ0v) is 9.02. The summed E-state index contributed by atoms with van der Waals surface area (Å²) >= 11 is 0. The first-order valence-corrected chi connectivity index (χ1v) is 7.10. The van der Waals surface area contributed by atoms with Gasteiger partial charge in [0.1, 0.15) is 10.7 Å². The lowest BCUT2D eigenvalue weighted by Gasteiger charge is -2.21. The van der Waals surface area contributed by atoms with Gasteiger partial charge in [-0.3, -0.25) is 0 Å². The predicted octanol–water partition coefficient (Wildman–Crippen LogP) is 3.49. The highest BCUT2D eigenvalue weighted by atomic mass is 32.3. The SMILES string of the molecule is CS(C)(C)c1cc2ccccc2o1. The van der Waals surface area contributed by atoms with Crippen molar-refractivity contribution in [3.8, 4) is 0 Å². The summed E-state index contributed by atoms with van der Waals surface area (Å²) in [4.78, 5) is 0. The molecule has 0 saturated carbocycles. The molecule has 70 valence electrons. The highest BCUT2D eigenvalue weighted by Gasteiger charge is 2.13. The van der Waals surface area contributed by atoms with E-state index in [0.717, 1.165) is 10.7 Å². The van der Waals surface area contributed by atoms with E-state index in [4.69, 9.17) is 4.42 Å². The maximum absolute atomic E-state index is 5.77. The van der Waals surface area contributed by atoms with Crippen LogP contribution in [0, 0.1) is 0 Å². The highest BCUT2D eigenvalue weighted by molar-refractivity contribution is 8.32. The van der Waals surface area contributed by atoms with Crippen LogP contribution in [-0.4, -0.2) is 18.8 Å². The second kappa shape index (κ2) is 2.81. The van der Waals surface area contributed by atoms with Crippen molar-refractivity contribution in [3.05, 3.63) is 30.3 Å². The van der Waals surface area contributed by atoms with Gasteiger partial charge >= 0.3 is 0 Å². The van der Waals surface area contributed by atoms with E-state index in [0.29, 0.717) is 0 Å². The van der Waals surface area contributed by atoms with E-state index in [9.17, 15) is 0 Å². The fraction of sp³-hybridized carbons (Fsp3) is 0.273. The molecule has 0 atom stereocenters. The molecule has 0 saturated heterocycles. The molecule has 0 aliphatic carbocycles. The van der Waals surface area contributed by atoms with Gasteiger partial charge in [0.2, 0.25) is 0 Å². The van der Waals surface area contributed by atoms with Crippen molar-refractivity contribution in [2.45, 2.75) is 5.09 Å². The third kappa shape index (κ3) is 1.59. The summed E-state index contributed by atoms with van der Waals surface area (Å²) in [5.74, 6) is 0. The molecule has 2 aromatic rings. The Kier molecular flexibility index (Phi) is 1.88. The van der Waals surface area contributed by atoms with Crippen molar-refractivity contribution in [2.75, 3.05) is 18.8 Å². The number of para-hydroxylation sites is 1. The average molecular weight is 194 g/mol. The number of hydrogen-bond donors (Lipinski definition) is 0. The minimum Gasteiger partial charge on any atom is -0.451 e. The van der Waals surface area contributed by atoms with Crippen molar-refractivity contribution < 1.29 is 4.42 Å². The second-order valence-corrected chi connectivity index (χ2v) is 8.02. The molecule has 1 nitrogen and oxygen atoms in total. The molecule has 0 unspecified atom stereocenters. The summed E-state index contributed by atoms with van der Waals surface area (Å²) in [6, 6.07) is 10.3. The average Bonchev–Trinajstić information content (AvgIpc) is 2.45. The molecule has 0 N–H and O–H groups in total. The van der Waals surface area contributed by atoms with E-state index in [2.05, 4.69) is 30.9 Å². The molecule has 0 spiro atoms. The summed E-state index contributed by atoms with van der Waals surface area (Å²) in [5.41, 5.74) is 1.000. The van der Waals surface area contributed by atoms with Crippen LogP contribution in [0.4, 0.5) is 0 Å². The van der Waals surface area contributed by atoms with Crippen molar-refractivity contribution in [2.24, 2.45) is 0 Å². The van der Waals surface area contributed by atoms with Crippen LogP contribution >= 0.6 is 10.0 Å². The summed E-state index contributed by atoms with van der Waals surface area (Å²) in [6.07, 6.45) is 6.72. The topological polar surface area (TPSA) is 13.1 Å². The van der Waals surface area contributed by atoms with Crippen LogP contribution in [0.15, 0.2) is 39.8 Å². The van der Waals surface area contributed by atoms with Gasteiger partial charge in [-0.15, -0.1) is 0 Å². The lowest BCUT2D eigenvalue weighted by atomic mass is 10.3. The minimum atomic E-state index is -0.731. The molecule has 0 amide bonds. The van der Waals surface area contributed by atoms with E-state index in [1.807, 2.05) is 18.2 Å². The van der Waals surface area contributed by atoms with Crippen LogP contribution in [0.5, 0.6) is 0 Å². The standard InChI is InChI=1S/C11H14OS/c1-13(2,3)11-8-9-6-4-5-7-10(9)12-11/h4-8H,1-3H3. The molecule has 0 bridgehead atoms. The number of rotatable bonds is 1. The highest BCUT2D eigenvalue weighted by Crippen LogP contribution is 2.47. The number of benzene rings is 1. The molecule has 0 aliphatic heterocycles. The summed E-state index contributed by atoms with van der Waals surface area (Å²) in [6.45, 7) is 0. The van der Waals surface area contributed by atoms with Crippen LogP contribution in [0.2, 0.25) is 0 Å². The van der Waals surface area contributed by atoms with E-state index in [1.54, 1.807) is 0 Å². The fourth-order valence-electron chi connectivity index (χ4n) is 1.26. The van der Waals surface area contributed by atoms with Crippen molar-refractivity contribution >= 4 is 21.0 Å². The Labute approximate surface area is 80.1 Å². The van der Waals surface area contributed by atoms with Crippen LogP contribution in [-0.2, 0) is 0 Å². The monoisotopic (exact) mass is 194 g/mol. The predicted molar refractivity (Wildman–Crippen MR) is 59.8 cm³/mol. The van der Waals surface area contributed by atoms with Crippen LogP contribution in [0.3, 0.4) is 0 Å². The molecule has 0 aliphatic rings. The lowest BCUT2D eigenvalue weighted by Crippen LogP contribution is -1.88. The van der Waals surface area contributed by atoms with E-state index >= 15 is 0 Å². The smallest absolute Gasteiger partial charge is 0.143 e. The van der Waals surface area contributed by atoms with E-state index < -0.39 is 10.0 Å². The maximum Gasteiger partial charge on any atom is 0.143 e. The normalized spacial score (nSPS) is 13.5. The maximum atomic E-state index is 5.77. The number of hydrogen-bond acceptors (Lipinski definition) is 1. The summed E-state index contributed by atoms with van der Waals surface area (Å²) in [7, 11) is -0.731. The van der Waals surface area contributed by atoms with Gasteiger partial charge in [0.05, 0.1) is 0 Å². The molecule has 1 aromatic heterocycles. The van der Waals surface area contributed by atoms with Gasteiger partial charge in [-0.05, 0) is 30.9 Å². The Morgan fingerprint density at radius 3 is 2.38 bits per heavy atom. The van der Waals surface area contributed by atoms with Gasteiger partial charge in [-0.1, -0.05) is 18.2 Å². The van der Waals surface area contributed by atoms with Crippen LogP contribution < -0.4 is 0 Å². The zero-order chi connectivity index (χ0) is 9.47. The van der Waals surface area contributed by atoms with Gasteiger partial charge in [-0.2, -0.15) is 10.0 Å². The third-order valence-electron chi connectivity index (χ3n) is 2.01. The Hall–Kier alpha value is -0.890. The third-order valence-corrected chi connectivity index (χ3v) is 3.41. The first kappa shape index (κ1) is 8.70. The molecular weight excluding hydrogens is 180 g/mol. The van der Waals surface area contributed by atoms with Gasteiger partial charge in [0, 0.05) is 5.39 Å². The largest absolute Gasteiger partial charge is 0.451 e. The van der Waals surface area contributed by atoms with Gasteiger partial charge in [0.15, 0.2) is 0 Å². The minimum absolute atomic E-state index is 0.731. The summed E-state index contributed by atoms with van der Waals surface area (Å²) < 4.78 is 5.77. The molecule has 13 heavy (non-hydrogen) atoms. The molecule has 2 heteroatoms. The quantitative estimate of drug-likeness (QED) is 0.677.